The predicted molar refractivity (Wildman–Crippen MR) is 156 cm³/mol. The summed E-state index contributed by atoms with van der Waals surface area (Å²) >= 11 is 0. The van der Waals surface area contributed by atoms with Gasteiger partial charge >= 0.3 is 19.8 Å². The van der Waals surface area contributed by atoms with Crippen molar-refractivity contribution in [3.63, 3.8) is 0 Å². The van der Waals surface area contributed by atoms with Crippen LogP contribution in [0.5, 0.6) is 0 Å². The Morgan fingerprint density at radius 3 is 0.794 bits per heavy atom. The van der Waals surface area contributed by atoms with Crippen LogP contribution in [0.4, 0.5) is 0 Å². The molecule has 34 heavy (non-hydrogen) atoms. The van der Waals surface area contributed by atoms with Gasteiger partial charge in [0.2, 0.25) is 0 Å². The fourth-order valence-electron chi connectivity index (χ4n) is 3.41. The first-order chi connectivity index (χ1) is 16.3. The van der Waals surface area contributed by atoms with Crippen LogP contribution in [0, 0.1) is 0 Å². The van der Waals surface area contributed by atoms with E-state index in [0.29, 0.717) is 0 Å². The molecule has 3 heteroatoms. The average Bonchev–Trinajstić information content (AvgIpc) is 3.51. The molecule has 0 saturated carbocycles. The molecule has 0 aliphatic carbocycles. The summed E-state index contributed by atoms with van der Waals surface area (Å²) in [4.78, 5) is 0. The molecule has 0 amide bonds. The minimum atomic E-state index is -0.545. The maximum absolute atomic E-state index is 2.34. The zero-order valence-electron chi connectivity index (χ0n) is 19.8. The summed E-state index contributed by atoms with van der Waals surface area (Å²) in [5.74, 6) is 0. The largest absolute Gasteiger partial charge is 0.214 e. The molecule has 0 nitrogen and oxygen atoms in total. The van der Waals surface area contributed by atoms with Crippen molar-refractivity contribution in [2.45, 2.75) is 0 Å². The zero-order chi connectivity index (χ0) is 23.1. The van der Waals surface area contributed by atoms with Gasteiger partial charge in [0.1, 0.15) is 0 Å². The summed E-state index contributed by atoms with van der Waals surface area (Å²) in [6.07, 6.45) is 0. The normalized spacial score (nSPS) is 9.76. The van der Waals surface area contributed by atoms with E-state index in [9.17, 15) is 0 Å². The van der Waals surface area contributed by atoms with E-state index in [1.165, 1.54) is 21.2 Å². The van der Waals surface area contributed by atoms with Gasteiger partial charge < -0.3 is 0 Å². The Balaban J connectivity index is 0.000000195. The fraction of sp³-hybridized carbons (Fsp3) is 0.0645. The van der Waals surface area contributed by atoms with E-state index < -0.39 is 15.8 Å². The van der Waals surface area contributed by atoms with E-state index in [-0.39, 0.29) is 19.8 Å². The standard InChI is InChI=1S/2C13H13P.C5H5.Os.H/c2*1-14(12-8-4-2-5-9-12)13-10-6-3-7-11-13;1-2-4-5-3-1;;/h2*2-11H,1H3;1-5H;;/q;;-1;;/p+2. The van der Waals surface area contributed by atoms with Crippen molar-refractivity contribution in [3.8, 4) is 0 Å². The summed E-state index contributed by atoms with van der Waals surface area (Å²) < 4.78 is 0. The first-order valence-corrected chi connectivity index (χ1v) is 15.3. The molecule has 0 atom stereocenters. The molecular formula is C31H34OsP2+. The third-order valence-corrected chi connectivity index (χ3v) is 10.2. The van der Waals surface area contributed by atoms with E-state index in [4.69, 9.17) is 0 Å². The van der Waals surface area contributed by atoms with Crippen LogP contribution in [-0.2, 0) is 19.8 Å². The molecule has 0 spiro atoms. The second-order valence-electron chi connectivity index (χ2n) is 7.68. The summed E-state index contributed by atoms with van der Waals surface area (Å²) in [6.45, 7) is 4.69. The predicted octanol–water partition coefficient (Wildman–Crippen LogP) is 6.10. The zero-order valence-corrected chi connectivity index (χ0v) is 24.5. The Kier molecular flexibility index (Phi) is 13.5. The summed E-state index contributed by atoms with van der Waals surface area (Å²) in [7, 11) is -1.09. The van der Waals surface area contributed by atoms with E-state index >= 15 is 0 Å². The van der Waals surface area contributed by atoms with Crippen molar-refractivity contribution in [2.24, 2.45) is 0 Å². The van der Waals surface area contributed by atoms with E-state index in [1.807, 2.05) is 30.3 Å². The van der Waals surface area contributed by atoms with Crippen molar-refractivity contribution in [3.05, 3.63) is 152 Å². The van der Waals surface area contributed by atoms with E-state index in [1.54, 1.807) is 0 Å². The molecule has 0 N–H and O–H groups in total. The van der Waals surface area contributed by atoms with Crippen LogP contribution in [0.2, 0.25) is 0 Å². The van der Waals surface area contributed by atoms with Crippen molar-refractivity contribution in [2.75, 3.05) is 13.3 Å². The van der Waals surface area contributed by atoms with Gasteiger partial charge in [-0.15, -0.1) is 0 Å². The molecule has 0 heterocycles. The first kappa shape index (κ1) is 28.0. The second kappa shape index (κ2) is 16.4. The van der Waals surface area contributed by atoms with Gasteiger partial charge in [-0.2, -0.15) is 18.2 Å². The molecule has 5 aromatic rings. The van der Waals surface area contributed by atoms with Crippen LogP contribution in [-0.4, -0.2) is 13.3 Å². The van der Waals surface area contributed by atoms with Crippen molar-refractivity contribution < 1.29 is 19.8 Å². The molecule has 0 bridgehead atoms. The molecule has 5 aromatic carbocycles. The van der Waals surface area contributed by atoms with Gasteiger partial charge in [-0.25, -0.2) is 12.1 Å². The van der Waals surface area contributed by atoms with Crippen molar-refractivity contribution in [1.82, 2.24) is 0 Å². The first-order valence-electron chi connectivity index (χ1n) is 11.3. The Hall–Kier alpha value is -2.27. The molecule has 0 radical (unpaired) electrons. The molecule has 5 rings (SSSR count). The van der Waals surface area contributed by atoms with Crippen LogP contribution in [0.3, 0.4) is 0 Å². The third kappa shape index (κ3) is 9.53. The topological polar surface area (TPSA) is 0 Å². The molecule has 0 saturated heterocycles. The van der Waals surface area contributed by atoms with Gasteiger partial charge in [0.15, 0.2) is 0 Å². The fourth-order valence-corrected chi connectivity index (χ4v) is 6.84. The second-order valence-corrected chi connectivity index (χ2v) is 12.5. The van der Waals surface area contributed by atoms with Crippen LogP contribution >= 0.6 is 15.8 Å². The van der Waals surface area contributed by atoms with Gasteiger partial charge in [-0.1, -0.05) is 72.8 Å². The minimum Gasteiger partial charge on any atom is -0.214 e. The van der Waals surface area contributed by atoms with Gasteiger partial charge in [0, 0.05) is 0 Å². The van der Waals surface area contributed by atoms with Crippen molar-refractivity contribution >= 4 is 37.1 Å². The molecule has 0 aromatic heterocycles. The SMILES string of the molecule is C[PH+](c1ccccc1)c1ccccc1.C[PH+](c1ccccc1)c1ccccc1.[OsH].c1cc[cH-]c1. The Labute approximate surface area is 221 Å². The van der Waals surface area contributed by atoms with Crippen LogP contribution in [0.15, 0.2) is 152 Å². The Morgan fingerprint density at radius 2 is 0.618 bits per heavy atom. The van der Waals surface area contributed by atoms with Crippen LogP contribution in [0.25, 0.3) is 0 Å². The average molecular weight is 659 g/mol. The summed E-state index contributed by atoms with van der Waals surface area (Å²) in [5.41, 5.74) is 0. The molecular weight excluding hydrogens is 625 g/mol. The maximum Gasteiger partial charge on any atom is -0.172 e. The molecule has 0 aliphatic rings. The minimum absolute atomic E-state index is 0. The van der Waals surface area contributed by atoms with E-state index in [2.05, 4.69) is 135 Å². The Bertz CT molecular complexity index is 936. The number of benzene rings is 4. The van der Waals surface area contributed by atoms with Crippen LogP contribution < -0.4 is 21.2 Å². The smallest absolute Gasteiger partial charge is 0.172 e. The number of hydrogen-bond acceptors (Lipinski definition) is 0. The molecule has 0 aliphatic heterocycles. The number of rotatable bonds is 4. The third-order valence-electron chi connectivity index (χ3n) is 5.38. The quantitative estimate of drug-likeness (QED) is 0.162. The molecule has 0 fully saturated rings. The molecule has 175 valence electrons. The van der Waals surface area contributed by atoms with Crippen LogP contribution in [0.1, 0.15) is 0 Å². The molecule has 0 unspecified atom stereocenters. The summed E-state index contributed by atoms with van der Waals surface area (Å²) in [5, 5.41) is 5.90. The Morgan fingerprint density at radius 1 is 0.382 bits per heavy atom. The number of hydrogen-bond donors (Lipinski definition) is 0. The summed E-state index contributed by atoms with van der Waals surface area (Å²) in [6, 6.07) is 53.0. The van der Waals surface area contributed by atoms with Gasteiger partial charge in [0.05, 0.1) is 50.4 Å². The monoisotopic (exact) mass is 660 g/mol. The van der Waals surface area contributed by atoms with Crippen molar-refractivity contribution in [1.29, 1.82) is 0 Å². The van der Waals surface area contributed by atoms with Gasteiger partial charge in [0.25, 0.3) is 0 Å². The maximum atomic E-state index is 2.34. The van der Waals surface area contributed by atoms with Gasteiger partial charge in [-0.3, -0.25) is 0 Å². The van der Waals surface area contributed by atoms with E-state index in [0.717, 1.165) is 0 Å². The van der Waals surface area contributed by atoms with Gasteiger partial charge in [-0.05, 0) is 48.5 Å².